The SMILES string of the molecule is CC(C)COC(=O)C(CC(=O)OC(SOOO)(C(C)C)C(C)C)C(C)C. The molecule has 0 bridgehead atoms. The molecule has 0 fully saturated rings. The van der Waals surface area contributed by atoms with Gasteiger partial charge in [0.05, 0.1) is 31.0 Å². The van der Waals surface area contributed by atoms with Gasteiger partial charge in [-0.3, -0.25) is 9.59 Å². The third kappa shape index (κ3) is 7.82. The van der Waals surface area contributed by atoms with Gasteiger partial charge in [0.2, 0.25) is 0 Å². The molecule has 1 N–H and O–H groups in total. The molecule has 0 amide bonds. The molecule has 0 rings (SSSR count). The molecule has 26 heavy (non-hydrogen) atoms. The molecule has 1 unspecified atom stereocenters. The maximum Gasteiger partial charge on any atom is 0.309 e. The van der Waals surface area contributed by atoms with Crippen molar-refractivity contribution in [2.24, 2.45) is 29.6 Å². The van der Waals surface area contributed by atoms with Crippen molar-refractivity contribution in [1.82, 2.24) is 0 Å². The molecule has 0 aromatic heterocycles. The van der Waals surface area contributed by atoms with Gasteiger partial charge in [-0.25, -0.2) is 5.26 Å². The molecule has 0 aliphatic heterocycles. The highest BCUT2D eigenvalue weighted by molar-refractivity contribution is 7.95. The lowest BCUT2D eigenvalue weighted by Crippen LogP contribution is -2.43. The third-order valence-corrected chi connectivity index (χ3v) is 5.55. The van der Waals surface area contributed by atoms with Crippen LogP contribution in [-0.2, 0) is 28.4 Å². The topological polar surface area (TPSA) is 91.3 Å². The summed E-state index contributed by atoms with van der Waals surface area (Å²) in [6, 6.07) is 0. The summed E-state index contributed by atoms with van der Waals surface area (Å²) in [5.74, 6) is -1.61. The van der Waals surface area contributed by atoms with E-state index in [1.54, 1.807) is 0 Å². The molecule has 0 aromatic carbocycles. The standard InChI is InChI=1S/C18H34O7S/c1-11(2)10-22-17(20)15(12(3)4)9-16(19)23-18(13(5)6,14(7)8)26-25-24-21/h11-15,21H,9-10H2,1-8H3. The van der Waals surface area contributed by atoms with E-state index in [0.29, 0.717) is 6.61 Å². The van der Waals surface area contributed by atoms with Gasteiger partial charge in [0.25, 0.3) is 0 Å². The Kier molecular flexibility index (Phi) is 11.4. The van der Waals surface area contributed by atoms with E-state index >= 15 is 0 Å². The summed E-state index contributed by atoms with van der Waals surface area (Å²) in [5.41, 5.74) is 0. The van der Waals surface area contributed by atoms with Crippen molar-refractivity contribution in [3.63, 3.8) is 0 Å². The second kappa shape index (κ2) is 11.8. The van der Waals surface area contributed by atoms with Gasteiger partial charge in [0, 0.05) is 11.8 Å². The van der Waals surface area contributed by atoms with Crippen LogP contribution in [0.25, 0.3) is 0 Å². The van der Waals surface area contributed by atoms with E-state index in [1.807, 2.05) is 55.4 Å². The fourth-order valence-electron chi connectivity index (χ4n) is 2.53. The number of hydrogen-bond acceptors (Lipinski definition) is 8. The largest absolute Gasteiger partial charge is 0.465 e. The summed E-state index contributed by atoms with van der Waals surface area (Å²) in [6.45, 7) is 15.4. The lowest BCUT2D eigenvalue weighted by molar-refractivity contribution is -0.433. The number of esters is 2. The molecule has 7 nitrogen and oxygen atoms in total. The lowest BCUT2D eigenvalue weighted by atomic mass is 9.92. The van der Waals surface area contributed by atoms with Crippen molar-refractivity contribution in [1.29, 1.82) is 0 Å². The fraction of sp³-hybridized carbons (Fsp3) is 0.889. The van der Waals surface area contributed by atoms with Crippen LogP contribution in [0.2, 0.25) is 0 Å². The van der Waals surface area contributed by atoms with Crippen molar-refractivity contribution in [3.8, 4) is 0 Å². The first-order valence-electron chi connectivity index (χ1n) is 9.02. The summed E-state index contributed by atoms with van der Waals surface area (Å²) in [4.78, 5) is 23.8. The Labute approximate surface area is 161 Å². The van der Waals surface area contributed by atoms with E-state index < -0.39 is 22.8 Å². The molecule has 0 heterocycles. The first-order chi connectivity index (χ1) is 12.0. The molecule has 0 saturated heterocycles. The second-order valence-electron chi connectivity index (χ2n) is 7.81. The van der Waals surface area contributed by atoms with Gasteiger partial charge in [0.1, 0.15) is 0 Å². The van der Waals surface area contributed by atoms with Crippen LogP contribution in [0.15, 0.2) is 0 Å². The summed E-state index contributed by atoms with van der Waals surface area (Å²) >= 11 is 0.740. The highest BCUT2D eigenvalue weighted by Crippen LogP contribution is 2.42. The molecular formula is C18H34O7S. The Balaban J connectivity index is 5.18. The zero-order valence-electron chi connectivity index (χ0n) is 17.1. The van der Waals surface area contributed by atoms with E-state index in [2.05, 4.69) is 9.37 Å². The van der Waals surface area contributed by atoms with Crippen LogP contribution >= 0.6 is 12.0 Å². The van der Waals surface area contributed by atoms with Crippen LogP contribution in [0.1, 0.15) is 61.8 Å². The van der Waals surface area contributed by atoms with E-state index in [-0.39, 0.29) is 30.1 Å². The van der Waals surface area contributed by atoms with Crippen LogP contribution in [0, 0.1) is 29.6 Å². The van der Waals surface area contributed by atoms with E-state index in [1.165, 1.54) is 0 Å². The Hall–Kier alpha value is -0.830. The number of hydrogen-bond donors (Lipinski definition) is 1. The number of ether oxygens (including phenoxy) is 2. The summed E-state index contributed by atoms with van der Waals surface area (Å²) in [6.07, 6.45) is -0.0870. The van der Waals surface area contributed by atoms with Gasteiger partial charge in [0.15, 0.2) is 4.93 Å². The number of rotatable bonds is 12. The monoisotopic (exact) mass is 394 g/mol. The zero-order chi connectivity index (χ0) is 20.5. The van der Waals surface area contributed by atoms with Crippen molar-refractivity contribution in [2.45, 2.75) is 66.7 Å². The maximum absolute atomic E-state index is 12.6. The van der Waals surface area contributed by atoms with Crippen LogP contribution in [-0.4, -0.2) is 28.7 Å². The average Bonchev–Trinajstić information content (AvgIpc) is 2.53. The Morgan fingerprint density at radius 1 is 1.00 bits per heavy atom. The van der Waals surface area contributed by atoms with Gasteiger partial charge in [-0.2, -0.15) is 0 Å². The quantitative estimate of drug-likeness (QED) is 0.170. The minimum Gasteiger partial charge on any atom is -0.465 e. The minimum atomic E-state index is -1.07. The molecular weight excluding hydrogens is 360 g/mol. The number of carbonyl (C=O) groups is 2. The molecule has 8 heteroatoms. The van der Waals surface area contributed by atoms with Gasteiger partial charge < -0.3 is 9.47 Å². The molecule has 0 aliphatic carbocycles. The maximum atomic E-state index is 12.6. The Bertz CT molecular complexity index is 427. The Morgan fingerprint density at radius 2 is 1.54 bits per heavy atom. The molecule has 0 spiro atoms. The van der Waals surface area contributed by atoms with Crippen LogP contribution in [0.4, 0.5) is 0 Å². The summed E-state index contributed by atoms with van der Waals surface area (Å²) in [7, 11) is 0. The smallest absolute Gasteiger partial charge is 0.309 e. The Morgan fingerprint density at radius 3 is 1.92 bits per heavy atom. The first-order valence-corrected chi connectivity index (χ1v) is 9.76. The summed E-state index contributed by atoms with van der Waals surface area (Å²) in [5, 5.41) is 12.2. The van der Waals surface area contributed by atoms with Crippen molar-refractivity contribution in [2.75, 3.05) is 6.61 Å². The normalized spacial score (nSPS) is 13.6. The number of carbonyl (C=O) groups excluding carboxylic acids is 2. The molecule has 0 saturated carbocycles. The molecule has 0 radical (unpaired) electrons. The second-order valence-corrected chi connectivity index (χ2v) is 8.75. The highest BCUT2D eigenvalue weighted by Gasteiger charge is 2.44. The van der Waals surface area contributed by atoms with Crippen LogP contribution in [0.5, 0.6) is 0 Å². The first kappa shape index (κ1) is 25.2. The van der Waals surface area contributed by atoms with E-state index in [0.717, 1.165) is 12.0 Å². The average molecular weight is 395 g/mol. The van der Waals surface area contributed by atoms with Crippen molar-refractivity contribution < 1.29 is 33.7 Å². The highest BCUT2D eigenvalue weighted by atomic mass is 32.2. The molecule has 154 valence electrons. The van der Waals surface area contributed by atoms with Crippen molar-refractivity contribution >= 4 is 24.0 Å². The lowest BCUT2D eigenvalue weighted by Gasteiger charge is -2.38. The van der Waals surface area contributed by atoms with Gasteiger partial charge in [-0.05, 0) is 11.8 Å². The molecule has 1 atom stereocenters. The van der Waals surface area contributed by atoms with Gasteiger partial charge in [-0.1, -0.05) is 60.4 Å². The third-order valence-electron chi connectivity index (χ3n) is 4.13. The van der Waals surface area contributed by atoms with Crippen LogP contribution in [0.3, 0.4) is 0 Å². The van der Waals surface area contributed by atoms with Gasteiger partial charge in [-0.15, -0.1) is 4.33 Å². The predicted molar refractivity (Wildman–Crippen MR) is 99.6 cm³/mol. The zero-order valence-corrected chi connectivity index (χ0v) is 17.9. The molecule has 0 aromatic rings. The predicted octanol–water partition coefficient (Wildman–Crippen LogP) is 4.47. The minimum absolute atomic E-state index is 0.0700. The van der Waals surface area contributed by atoms with Gasteiger partial charge >= 0.3 is 11.9 Å². The van der Waals surface area contributed by atoms with E-state index in [4.69, 9.17) is 14.7 Å². The van der Waals surface area contributed by atoms with Crippen LogP contribution < -0.4 is 0 Å². The van der Waals surface area contributed by atoms with E-state index in [9.17, 15) is 9.59 Å². The van der Waals surface area contributed by atoms with Crippen molar-refractivity contribution in [3.05, 3.63) is 0 Å². The molecule has 0 aliphatic rings. The summed E-state index contributed by atoms with van der Waals surface area (Å²) < 4.78 is 15.6. The fourth-order valence-corrected chi connectivity index (χ4v) is 3.18.